The minimum Gasteiger partial charge on any atom is -0.507 e. The van der Waals surface area contributed by atoms with Crippen LogP contribution in [0.1, 0.15) is 32.5 Å². The molecule has 8 nitrogen and oxygen atoms in total. The Morgan fingerprint density at radius 1 is 1.17 bits per heavy atom. The van der Waals surface area contributed by atoms with Gasteiger partial charge in [-0.1, -0.05) is 35.1 Å². The lowest BCUT2D eigenvalue weighted by molar-refractivity contribution is -0.132. The molecule has 1 aliphatic heterocycles. The normalized spacial score (nSPS) is 17.1. The first-order chi connectivity index (χ1) is 16.7. The van der Waals surface area contributed by atoms with Crippen molar-refractivity contribution in [2.45, 2.75) is 13.0 Å². The number of hydrogen-bond donors (Lipinski definition) is 1. The average Bonchev–Trinajstić information content (AvgIpc) is 3.35. The molecular formula is C24H18ClFN2O6S. The van der Waals surface area contributed by atoms with Crippen LogP contribution in [0.3, 0.4) is 0 Å². The van der Waals surface area contributed by atoms with Gasteiger partial charge >= 0.3 is 11.9 Å². The Morgan fingerprint density at radius 3 is 2.46 bits per heavy atom. The number of carbonyl (C=O) groups excluding carboxylic acids is 3. The van der Waals surface area contributed by atoms with E-state index in [0.717, 1.165) is 16.2 Å². The van der Waals surface area contributed by atoms with Crippen LogP contribution in [0.4, 0.5) is 9.52 Å². The smallest absolute Gasteiger partial charge is 0.350 e. The molecule has 3 aromatic rings. The van der Waals surface area contributed by atoms with E-state index in [1.165, 1.54) is 56.7 Å². The van der Waals surface area contributed by atoms with Crippen molar-refractivity contribution >= 4 is 51.5 Å². The fraction of sp³-hybridized carbons (Fsp3) is 0.167. The van der Waals surface area contributed by atoms with Gasteiger partial charge in [0.05, 0.1) is 36.6 Å². The van der Waals surface area contributed by atoms with Gasteiger partial charge in [0.2, 0.25) is 0 Å². The lowest BCUT2D eigenvalue weighted by Gasteiger charge is -2.23. The zero-order valence-electron chi connectivity index (χ0n) is 18.7. The van der Waals surface area contributed by atoms with Crippen LogP contribution in [-0.2, 0) is 14.3 Å². The van der Waals surface area contributed by atoms with Gasteiger partial charge in [0.25, 0.3) is 5.78 Å². The number of aryl methyl sites for hydroxylation is 1. The van der Waals surface area contributed by atoms with Crippen LogP contribution in [-0.4, -0.2) is 42.0 Å². The zero-order valence-corrected chi connectivity index (χ0v) is 20.2. The summed E-state index contributed by atoms with van der Waals surface area (Å²) in [6, 6.07) is 8.38. The topological polar surface area (TPSA) is 106 Å². The Hall–Kier alpha value is -3.76. The highest BCUT2D eigenvalue weighted by atomic mass is 35.5. The van der Waals surface area contributed by atoms with Gasteiger partial charge in [0.15, 0.2) is 5.13 Å². The number of thiazole rings is 1. The number of ether oxygens (including phenoxy) is 2. The van der Waals surface area contributed by atoms with Gasteiger partial charge < -0.3 is 14.6 Å². The van der Waals surface area contributed by atoms with E-state index in [4.69, 9.17) is 21.1 Å². The standard InChI is InChI=1S/C24H18ClFN2O6S/c1-11-21(23(32)34-3)35-24(27-11)28-18(12-4-7-14(26)8-5-12)17(20(30)22(28)31)19(29)13-6-9-16(33-2)15(25)10-13/h4-10,18,29H,1-3H3/t18-/m1/s1. The van der Waals surface area contributed by atoms with E-state index < -0.39 is 35.3 Å². The van der Waals surface area contributed by atoms with Crippen LogP contribution in [0.5, 0.6) is 5.75 Å². The quantitative estimate of drug-likeness (QED) is 0.227. The number of rotatable bonds is 5. The fourth-order valence-corrected chi connectivity index (χ4v) is 5.00. The Balaban J connectivity index is 1.93. The molecule has 1 N–H and O–H groups in total. The van der Waals surface area contributed by atoms with Crippen molar-refractivity contribution in [2.75, 3.05) is 19.1 Å². The number of carbonyl (C=O) groups is 3. The first-order valence-corrected chi connectivity index (χ1v) is 11.3. The molecule has 180 valence electrons. The van der Waals surface area contributed by atoms with E-state index >= 15 is 0 Å². The Bertz CT molecular complexity index is 1390. The van der Waals surface area contributed by atoms with Crippen molar-refractivity contribution in [3.05, 3.63) is 80.6 Å². The molecule has 0 saturated carbocycles. The number of hydrogen-bond acceptors (Lipinski definition) is 8. The molecule has 0 spiro atoms. The maximum Gasteiger partial charge on any atom is 0.350 e. The van der Waals surface area contributed by atoms with E-state index in [-0.39, 0.29) is 26.2 Å². The third kappa shape index (κ3) is 4.26. The predicted molar refractivity (Wildman–Crippen MR) is 127 cm³/mol. The van der Waals surface area contributed by atoms with Crippen LogP contribution in [0, 0.1) is 12.7 Å². The number of amides is 1. The van der Waals surface area contributed by atoms with Crippen molar-refractivity contribution < 1.29 is 33.4 Å². The van der Waals surface area contributed by atoms with E-state index in [1.54, 1.807) is 6.92 Å². The highest BCUT2D eigenvalue weighted by molar-refractivity contribution is 7.17. The number of Topliss-reactive ketones (excluding diaryl/α,β-unsaturated/α-hetero) is 1. The molecule has 35 heavy (non-hydrogen) atoms. The number of aliphatic hydroxyl groups is 1. The summed E-state index contributed by atoms with van der Waals surface area (Å²) in [7, 11) is 2.64. The molecule has 0 radical (unpaired) electrons. The van der Waals surface area contributed by atoms with Gasteiger partial charge in [-0.2, -0.15) is 0 Å². The molecule has 1 saturated heterocycles. The summed E-state index contributed by atoms with van der Waals surface area (Å²) in [4.78, 5) is 44.0. The van der Waals surface area contributed by atoms with E-state index in [0.29, 0.717) is 17.0 Å². The number of nitrogens with zero attached hydrogens (tertiary/aromatic N) is 2. The van der Waals surface area contributed by atoms with Crippen molar-refractivity contribution in [3.63, 3.8) is 0 Å². The zero-order chi connectivity index (χ0) is 25.4. The molecule has 1 atom stereocenters. The monoisotopic (exact) mass is 516 g/mol. The summed E-state index contributed by atoms with van der Waals surface area (Å²) in [6.07, 6.45) is 0. The molecule has 0 aliphatic carbocycles. The van der Waals surface area contributed by atoms with Crippen molar-refractivity contribution in [2.24, 2.45) is 0 Å². The molecule has 1 amide bonds. The second kappa shape index (κ2) is 9.47. The van der Waals surface area contributed by atoms with Crippen molar-refractivity contribution in [3.8, 4) is 5.75 Å². The second-order valence-electron chi connectivity index (χ2n) is 7.47. The minimum absolute atomic E-state index is 0.0474. The molecular weight excluding hydrogens is 499 g/mol. The van der Waals surface area contributed by atoms with Gasteiger partial charge in [0.1, 0.15) is 22.2 Å². The number of methoxy groups -OCH3 is 2. The van der Waals surface area contributed by atoms with Gasteiger partial charge in [-0.3, -0.25) is 14.5 Å². The van der Waals surface area contributed by atoms with Crippen LogP contribution >= 0.6 is 22.9 Å². The first-order valence-electron chi connectivity index (χ1n) is 10.1. The second-order valence-corrected chi connectivity index (χ2v) is 8.86. The van der Waals surface area contributed by atoms with Gasteiger partial charge in [-0.05, 0) is 42.8 Å². The van der Waals surface area contributed by atoms with Gasteiger partial charge in [0, 0.05) is 5.56 Å². The molecule has 2 heterocycles. The number of benzene rings is 2. The van der Waals surface area contributed by atoms with Crippen molar-refractivity contribution in [1.82, 2.24) is 4.98 Å². The lowest BCUT2D eigenvalue weighted by Crippen LogP contribution is -2.29. The SMILES string of the molecule is COC(=O)c1sc(N2C(=O)C(=O)C(=C(O)c3ccc(OC)c(Cl)c3)[C@H]2c2ccc(F)cc2)nc1C. The van der Waals surface area contributed by atoms with Gasteiger partial charge in [-0.15, -0.1) is 0 Å². The third-order valence-corrected chi connectivity index (χ3v) is 6.85. The Kier molecular flexibility index (Phi) is 6.60. The maximum atomic E-state index is 13.7. The summed E-state index contributed by atoms with van der Waals surface area (Å²) in [5.74, 6) is -3.24. The first kappa shape index (κ1) is 24.4. The molecule has 0 bridgehead atoms. The fourth-order valence-electron chi connectivity index (χ4n) is 3.73. The minimum atomic E-state index is -1.15. The van der Waals surface area contributed by atoms with Gasteiger partial charge in [-0.25, -0.2) is 14.2 Å². The number of aliphatic hydroxyl groups excluding tert-OH is 1. The van der Waals surface area contributed by atoms with E-state index in [2.05, 4.69) is 4.98 Å². The maximum absolute atomic E-state index is 13.7. The van der Waals surface area contributed by atoms with E-state index in [1.807, 2.05) is 0 Å². The van der Waals surface area contributed by atoms with Crippen molar-refractivity contribution in [1.29, 1.82) is 0 Å². The van der Waals surface area contributed by atoms with Crippen LogP contribution in [0.25, 0.3) is 5.76 Å². The number of esters is 1. The van der Waals surface area contributed by atoms with E-state index in [9.17, 15) is 23.9 Å². The molecule has 0 unspecified atom stereocenters. The molecule has 4 rings (SSSR count). The summed E-state index contributed by atoms with van der Waals surface area (Å²) >= 11 is 7.05. The molecule has 1 aliphatic rings. The molecule has 1 aromatic heterocycles. The highest BCUT2D eigenvalue weighted by Crippen LogP contribution is 2.44. The summed E-state index contributed by atoms with van der Waals surface area (Å²) in [5.41, 5.74) is 0.583. The summed E-state index contributed by atoms with van der Waals surface area (Å²) < 4.78 is 23.6. The number of ketones is 1. The number of halogens is 2. The molecule has 1 fully saturated rings. The summed E-state index contributed by atoms with van der Waals surface area (Å²) in [5, 5.41) is 11.4. The van der Waals surface area contributed by atoms with Crippen LogP contribution < -0.4 is 9.64 Å². The van der Waals surface area contributed by atoms with Crippen LogP contribution in [0.15, 0.2) is 48.0 Å². The molecule has 2 aromatic carbocycles. The highest BCUT2D eigenvalue weighted by Gasteiger charge is 2.48. The largest absolute Gasteiger partial charge is 0.507 e. The Labute approximate surface area is 208 Å². The lowest BCUT2D eigenvalue weighted by atomic mass is 9.95. The predicted octanol–water partition coefficient (Wildman–Crippen LogP) is 4.67. The molecule has 11 heteroatoms. The van der Waals surface area contributed by atoms with Crippen LogP contribution in [0.2, 0.25) is 5.02 Å². The average molecular weight is 517 g/mol. The number of anilines is 1. The Morgan fingerprint density at radius 2 is 1.86 bits per heavy atom. The summed E-state index contributed by atoms with van der Waals surface area (Å²) in [6.45, 7) is 1.56. The number of aromatic nitrogens is 1. The third-order valence-electron chi connectivity index (χ3n) is 5.42.